The number of anilines is 2. The molecule has 0 aliphatic carbocycles. The molecule has 4 heteroatoms. The summed E-state index contributed by atoms with van der Waals surface area (Å²) in [5, 5.41) is 26.9. The Labute approximate surface area is 129 Å². The van der Waals surface area contributed by atoms with E-state index >= 15 is 0 Å². The maximum Gasteiger partial charge on any atom is 0.148 e. The molecule has 0 amide bonds. The number of benzene rings is 2. The molecule has 4 nitrogen and oxygen atoms in total. The van der Waals surface area contributed by atoms with Crippen LogP contribution in [-0.2, 0) is 0 Å². The van der Waals surface area contributed by atoms with Gasteiger partial charge in [0, 0.05) is 18.4 Å². The number of hydrogen-bond donors (Lipinski definition) is 0. The molecule has 0 aliphatic heterocycles. The van der Waals surface area contributed by atoms with Gasteiger partial charge in [-0.2, -0.15) is 15.8 Å². The van der Waals surface area contributed by atoms with Crippen molar-refractivity contribution >= 4 is 16.9 Å². The van der Waals surface area contributed by atoms with E-state index in [1.165, 1.54) is 0 Å². The van der Waals surface area contributed by atoms with Gasteiger partial charge in [0.1, 0.15) is 23.8 Å². The molecule has 0 aliphatic rings. The number of nitriles is 3. The van der Waals surface area contributed by atoms with Gasteiger partial charge < -0.3 is 4.90 Å². The quantitative estimate of drug-likeness (QED) is 0.804. The Hall–Kier alpha value is -3.55. The second-order valence-corrected chi connectivity index (χ2v) is 4.53. The third kappa shape index (κ3) is 2.96. The Bertz CT molecular complexity index is 797. The first-order valence-electron chi connectivity index (χ1n) is 6.55. The zero-order valence-corrected chi connectivity index (χ0v) is 12.0. The molecule has 22 heavy (non-hydrogen) atoms. The summed E-state index contributed by atoms with van der Waals surface area (Å²) < 4.78 is 0. The maximum absolute atomic E-state index is 9.15. The van der Waals surface area contributed by atoms with Gasteiger partial charge in [0.25, 0.3) is 0 Å². The molecule has 0 radical (unpaired) electrons. The summed E-state index contributed by atoms with van der Waals surface area (Å²) in [5.74, 6) is 0. The van der Waals surface area contributed by atoms with Crippen molar-refractivity contribution in [3.8, 4) is 18.2 Å². The van der Waals surface area contributed by atoms with Crippen molar-refractivity contribution in [1.29, 1.82) is 15.8 Å². The van der Waals surface area contributed by atoms with E-state index in [1.807, 2.05) is 60.5 Å². The van der Waals surface area contributed by atoms with Crippen LogP contribution in [0.4, 0.5) is 11.4 Å². The lowest BCUT2D eigenvalue weighted by molar-refractivity contribution is 1.21. The predicted molar refractivity (Wildman–Crippen MR) is 84.7 cm³/mol. The van der Waals surface area contributed by atoms with Gasteiger partial charge in [-0.3, -0.25) is 0 Å². The molecule has 2 aromatic rings. The van der Waals surface area contributed by atoms with Gasteiger partial charge in [0.15, 0.2) is 0 Å². The van der Waals surface area contributed by atoms with E-state index in [0.717, 1.165) is 11.4 Å². The normalized spacial score (nSPS) is 9.00. The minimum atomic E-state index is -0.174. The van der Waals surface area contributed by atoms with Crippen LogP contribution in [0, 0.1) is 34.0 Å². The van der Waals surface area contributed by atoms with E-state index < -0.39 is 0 Å². The fourth-order valence-electron chi connectivity index (χ4n) is 2.05. The molecule has 104 valence electrons. The summed E-state index contributed by atoms with van der Waals surface area (Å²) >= 11 is 0. The minimum absolute atomic E-state index is 0.0962. The molecule has 0 heterocycles. The first kappa shape index (κ1) is 14.9. The molecule has 0 N–H and O–H groups in total. The minimum Gasteiger partial charge on any atom is -0.345 e. The molecule has 0 aromatic heterocycles. The molecule has 0 saturated heterocycles. The first-order valence-corrected chi connectivity index (χ1v) is 6.55. The topological polar surface area (TPSA) is 74.6 Å². The second kappa shape index (κ2) is 6.75. The Kier molecular flexibility index (Phi) is 4.56. The van der Waals surface area contributed by atoms with Crippen LogP contribution in [0.1, 0.15) is 5.56 Å². The zero-order valence-electron chi connectivity index (χ0n) is 12.0. The monoisotopic (exact) mass is 284 g/mol. The lowest BCUT2D eigenvalue weighted by Gasteiger charge is -2.19. The highest BCUT2D eigenvalue weighted by atomic mass is 15.1. The van der Waals surface area contributed by atoms with Crippen LogP contribution < -0.4 is 4.90 Å². The standard InChI is InChI=1S/C18H12N4/c1-22(16-5-3-2-4-6-16)17-9-7-14(8-10-17)18(13-21)15(11-19)12-20/h2-10H,1H3. The van der Waals surface area contributed by atoms with E-state index in [9.17, 15) is 0 Å². The van der Waals surface area contributed by atoms with Crippen molar-refractivity contribution in [3.05, 3.63) is 65.7 Å². The predicted octanol–water partition coefficient (Wildman–Crippen LogP) is 3.78. The molecule has 0 saturated carbocycles. The van der Waals surface area contributed by atoms with Crippen LogP contribution in [0.5, 0.6) is 0 Å². The largest absolute Gasteiger partial charge is 0.345 e. The van der Waals surface area contributed by atoms with Crippen molar-refractivity contribution in [2.24, 2.45) is 0 Å². The molecule has 0 unspecified atom stereocenters. The van der Waals surface area contributed by atoms with Gasteiger partial charge in [-0.05, 0) is 29.8 Å². The van der Waals surface area contributed by atoms with E-state index in [4.69, 9.17) is 15.8 Å². The van der Waals surface area contributed by atoms with Gasteiger partial charge >= 0.3 is 0 Å². The smallest absolute Gasteiger partial charge is 0.148 e. The zero-order chi connectivity index (χ0) is 15.9. The summed E-state index contributed by atoms with van der Waals surface area (Å²) in [6.07, 6.45) is 0. The molecule has 0 atom stereocenters. The average Bonchev–Trinajstić information content (AvgIpc) is 2.60. The van der Waals surface area contributed by atoms with Crippen LogP contribution in [-0.4, -0.2) is 7.05 Å². The Morgan fingerprint density at radius 2 is 1.32 bits per heavy atom. The van der Waals surface area contributed by atoms with Crippen LogP contribution in [0.15, 0.2) is 60.2 Å². The van der Waals surface area contributed by atoms with Crippen LogP contribution >= 0.6 is 0 Å². The summed E-state index contributed by atoms with van der Waals surface area (Å²) in [7, 11) is 1.95. The highest BCUT2D eigenvalue weighted by molar-refractivity contribution is 5.84. The number of rotatable bonds is 3. The summed E-state index contributed by atoms with van der Waals surface area (Å²) in [6, 6.07) is 22.5. The van der Waals surface area contributed by atoms with Crippen molar-refractivity contribution in [2.45, 2.75) is 0 Å². The molecule has 2 rings (SSSR count). The van der Waals surface area contributed by atoms with Crippen molar-refractivity contribution in [1.82, 2.24) is 0 Å². The maximum atomic E-state index is 9.15. The van der Waals surface area contributed by atoms with Crippen LogP contribution in [0.3, 0.4) is 0 Å². The fraction of sp³-hybridized carbons (Fsp3) is 0.0556. The van der Waals surface area contributed by atoms with Crippen LogP contribution in [0.25, 0.3) is 5.57 Å². The fourth-order valence-corrected chi connectivity index (χ4v) is 2.05. The molecule has 0 fully saturated rings. The summed E-state index contributed by atoms with van der Waals surface area (Å²) in [5.41, 5.74) is 2.47. The van der Waals surface area contributed by atoms with Gasteiger partial charge in [0.2, 0.25) is 0 Å². The van der Waals surface area contributed by atoms with Crippen molar-refractivity contribution in [2.75, 3.05) is 11.9 Å². The van der Waals surface area contributed by atoms with Gasteiger partial charge in [-0.1, -0.05) is 30.3 Å². The highest BCUT2D eigenvalue weighted by Gasteiger charge is 2.10. The van der Waals surface area contributed by atoms with Crippen LogP contribution in [0.2, 0.25) is 0 Å². The molecule has 0 spiro atoms. The SMILES string of the molecule is CN(c1ccccc1)c1ccc(C(C#N)=C(C#N)C#N)cc1. The van der Waals surface area contributed by atoms with E-state index in [2.05, 4.69) is 0 Å². The Morgan fingerprint density at radius 3 is 1.82 bits per heavy atom. The van der Waals surface area contributed by atoms with Crippen molar-refractivity contribution < 1.29 is 0 Å². The highest BCUT2D eigenvalue weighted by Crippen LogP contribution is 2.26. The molecule has 0 bridgehead atoms. The van der Waals surface area contributed by atoms with Gasteiger partial charge in [0.05, 0.1) is 5.57 Å². The molecule has 2 aromatic carbocycles. The summed E-state index contributed by atoms with van der Waals surface area (Å²) in [4.78, 5) is 2.01. The Morgan fingerprint density at radius 1 is 0.773 bits per heavy atom. The third-order valence-corrected chi connectivity index (χ3v) is 3.27. The number of para-hydroxylation sites is 1. The van der Waals surface area contributed by atoms with E-state index in [0.29, 0.717) is 5.56 Å². The average molecular weight is 284 g/mol. The van der Waals surface area contributed by atoms with Crippen molar-refractivity contribution in [3.63, 3.8) is 0 Å². The molecular formula is C18H12N4. The first-order chi connectivity index (χ1) is 10.7. The second-order valence-electron chi connectivity index (χ2n) is 4.53. The lowest BCUT2D eigenvalue weighted by Crippen LogP contribution is -2.08. The summed E-state index contributed by atoms with van der Waals surface area (Å²) in [6.45, 7) is 0. The number of allylic oxidation sites excluding steroid dienone is 2. The van der Waals surface area contributed by atoms with Gasteiger partial charge in [-0.15, -0.1) is 0 Å². The number of nitrogens with zero attached hydrogens (tertiary/aromatic N) is 4. The number of hydrogen-bond acceptors (Lipinski definition) is 4. The lowest BCUT2D eigenvalue weighted by atomic mass is 10.0. The third-order valence-electron chi connectivity index (χ3n) is 3.27. The van der Waals surface area contributed by atoms with Gasteiger partial charge in [-0.25, -0.2) is 0 Å². The van der Waals surface area contributed by atoms with E-state index in [1.54, 1.807) is 24.3 Å². The molecular weight excluding hydrogens is 272 g/mol. The van der Waals surface area contributed by atoms with E-state index in [-0.39, 0.29) is 11.1 Å². The Balaban J connectivity index is 2.37.